The third-order valence-corrected chi connectivity index (χ3v) is 3.63. The van der Waals surface area contributed by atoms with Crippen LogP contribution in [0.1, 0.15) is 12.0 Å². The average molecular weight is 251 g/mol. The number of H-pyrrole nitrogens is 1. The lowest BCUT2D eigenvalue weighted by molar-refractivity contribution is -0.144. The van der Waals surface area contributed by atoms with Gasteiger partial charge >= 0.3 is 5.97 Å². The summed E-state index contributed by atoms with van der Waals surface area (Å²) in [7, 11) is 2.08. The largest absolute Gasteiger partial charge is 0.480 e. The Kier molecular flexibility index (Phi) is 4.38. The highest BCUT2D eigenvalue weighted by Crippen LogP contribution is 2.12. The van der Waals surface area contributed by atoms with Crippen LogP contribution < -0.4 is 0 Å². The van der Waals surface area contributed by atoms with Crippen molar-refractivity contribution in [2.75, 3.05) is 33.2 Å². The Morgan fingerprint density at radius 2 is 2.17 bits per heavy atom. The molecule has 0 saturated carbocycles. The fourth-order valence-corrected chi connectivity index (χ4v) is 2.41. The molecule has 1 saturated heterocycles. The molecular weight excluding hydrogens is 230 g/mol. The topological polar surface area (TPSA) is 59.6 Å². The normalized spacial score (nSPS) is 19.8. The maximum absolute atomic E-state index is 11.4. The fourth-order valence-electron chi connectivity index (χ4n) is 2.41. The molecule has 0 spiro atoms. The lowest BCUT2D eigenvalue weighted by atomic mass is 10.1. The Labute approximate surface area is 107 Å². The highest BCUT2D eigenvalue weighted by Gasteiger charge is 2.27. The van der Waals surface area contributed by atoms with E-state index in [0.717, 1.165) is 32.6 Å². The molecular formula is C13H21N3O2. The van der Waals surface area contributed by atoms with Gasteiger partial charge in [0.2, 0.25) is 0 Å². The molecule has 0 amide bonds. The molecule has 2 N–H and O–H groups in total. The molecule has 5 heteroatoms. The van der Waals surface area contributed by atoms with Gasteiger partial charge in [0.15, 0.2) is 0 Å². The van der Waals surface area contributed by atoms with Crippen LogP contribution in [0.2, 0.25) is 0 Å². The molecule has 1 atom stereocenters. The summed E-state index contributed by atoms with van der Waals surface area (Å²) in [5.41, 5.74) is 1.18. The minimum atomic E-state index is -0.699. The molecule has 0 radical (unpaired) electrons. The first-order chi connectivity index (χ1) is 8.66. The maximum atomic E-state index is 11.4. The number of hydrogen-bond donors (Lipinski definition) is 2. The van der Waals surface area contributed by atoms with E-state index in [2.05, 4.69) is 21.8 Å². The van der Waals surface area contributed by atoms with Crippen molar-refractivity contribution in [3.05, 3.63) is 24.0 Å². The van der Waals surface area contributed by atoms with E-state index in [9.17, 15) is 9.90 Å². The van der Waals surface area contributed by atoms with Crippen LogP contribution in [0, 0.1) is 0 Å². The quantitative estimate of drug-likeness (QED) is 0.806. The number of nitrogens with one attached hydrogen (secondary N) is 1. The van der Waals surface area contributed by atoms with Crippen molar-refractivity contribution < 1.29 is 9.90 Å². The second-order valence-corrected chi connectivity index (χ2v) is 4.95. The van der Waals surface area contributed by atoms with Crippen molar-refractivity contribution in [1.29, 1.82) is 0 Å². The predicted molar refractivity (Wildman–Crippen MR) is 69.6 cm³/mol. The van der Waals surface area contributed by atoms with Gasteiger partial charge in [0.1, 0.15) is 6.04 Å². The van der Waals surface area contributed by atoms with Gasteiger partial charge in [0.25, 0.3) is 0 Å². The standard InChI is InChI=1S/C13H21N3O2/c1-15-6-8-16(9-7-15)12(13(17)18)3-2-11-4-5-14-10-11/h4-5,10,12,14H,2-3,6-9H2,1H3,(H,17,18). The molecule has 1 aliphatic rings. The van der Waals surface area contributed by atoms with E-state index in [4.69, 9.17) is 0 Å². The molecule has 1 aromatic heterocycles. The monoisotopic (exact) mass is 251 g/mol. The van der Waals surface area contributed by atoms with Crippen LogP contribution in [-0.2, 0) is 11.2 Å². The minimum absolute atomic E-state index is 0.353. The summed E-state index contributed by atoms with van der Waals surface area (Å²) >= 11 is 0. The molecule has 0 bridgehead atoms. The number of aromatic nitrogens is 1. The van der Waals surface area contributed by atoms with Gasteiger partial charge in [-0.1, -0.05) is 0 Å². The molecule has 1 aromatic rings. The summed E-state index contributed by atoms with van der Waals surface area (Å²) in [6, 6.07) is 1.65. The lowest BCUT2D eigenvalue weighted by Crippen LogP contribution is -2.51. The summed E-state index contributed by atoms with van der Waals surface area (Å²) in [4.78, 5) is 18.7. The van der Waals surface area contributed by atoms with E-state index in [0.29, 0.717) is 6.42 Å². The molecule has 0 aromatic carbocycles. The second kappa shape index (κ2) is 6.02. The van der Waals surface area contributed by atoms with E-state index in [1.54, 1.807) is 0 Å². The number of aliphatic carboxylic acids is 1. The van der Waals surface area contributed by atoms with Gasteiger partial charge in [-0.2, -0.15) is 0 Å². The number of rotatable bonds is 5. The van der Waals surface area contributed by atoms with E-state index in [1.165, 1.54) is 5.56 Å². The summed E-state index contributed by atoms with van der Waals surface area (Å²) in [6.07, 6.45) is 5.30. The van der Waals surface area contributed by atoms with Gasteiger partial charge in [-0.05, 0) is 31.5 Å². The van der Waals surface area contributed by atoms with Crippen molar-refractivity contribution in [3.63, 3.8) is 0 Å². The fraction of sp³-hybridized carbons (Fsp3) is 0.615. The van der Waals surface area contributed by atoms with Gasteiger partial charge < -0.3 is 15.0 Å². The molecule has 2 heterocycles. The first kappa shape index (κ1) is 13.1. The van der Waals surface area contributed by atoms with Crippen molar-refractivity contribution in [2.24, 2.45) is 0 Å². The number of carbonyl (C=O) groups is 1. The van der Waals surface area contributed by atoms with Gasteiger partial charge in [0, 0.05) is 38.6 Å². The van der Waals surface area contributed by atoms with Crippen molar-refractivity contribution >= 4 is 5.97 Å². The van der Waals surface area contributed by atoms with Crippen molar-refractivity contribution in [3.8, 4) is 0 Å². The van der Waals surface area contributed by atoms with Gasteiger partial charge in [0.05, 0.1) is 0 Å². The van der Waals surface area contributed by atoms with Crippen LogP contribution >= 0.6 is 0 Å². The minimum Gasteiger partial charge on any atom is -0.480 e. The SMILES string of the molecule is CN1CCN(C(CCc2cc[nH]c2)C(=O)O)CC1. The number of hydrogen-bond acceptors (Lipinski definition) is 3. The summed E-state index contributed by atoms with van der Waals surface area (Å²) in [6.45, 7) is 3.60. The maximum Gasteiger partial charge on any atom is 0.320 e. The number of likely N-dealkylation sites (N-methyl/N-ethyl adjacent to an activating group) is 1. The number of nitrogens with zero attached hydrogens (tertiary/aromatic N) is 2. The van der Waals surface area contributed by atoms with Crippen LogP contribution in [0.15, 0.2) is 18.5 Å². The Balaban J connectivity index is 1.89. The van der Waals surface area contributed by atoms with Gasteiger partial charge in [-0.3, -0.25) is 9.69 Å². The average Bonchev–Trinajstić information content (AvgIpc) is 2.84. The van der Waals surface area contributed by atoms with Crippen molar-refractivity contribution in [1.82, 2.24) is 14.8 Å². The first-order valence-electron chi connectivity index (χ1n) is 6.44. The van der Waals surface area contributed by atoms with Crippen LogP contribution in [0.25, 0.3) is 0 Å². The summed E-state index contributed by atoms with van der Waals surface area (Å²) in [5.74, 6) is -0.699. The van der Waals surface area contributed by atoms with E-state index >= 15 is 0 Å². The first-order valence-corrected chi connectivity index (χ1v) is 6.44. The third kappa shape index (κ3) is 3.34. The second-order valence-electron chi connectivity index (χ2n) is 4.95. The Morgan fingerprint density at radius 3 is 2.72 bits per heavy atom. The molecule has 1 aliphatic heterocycles. The number of piperazine rings is 1. The van der Waals surface area contributed by atoms with Crippen LogP contribution in [0.3, 0.4) is 0 Å². The molecule has 2 rings (SSSR count). The number of aryl methyl sites for hydroxylation is 1. The Morgan fingerprint density at radius 1 is 1.44 bits per heavy atom. The zero-order valence-electron chi connectivity index (χ0n) is 10.8. The van der Waals surface area contributed by atoms with Crippen molar-refractivity contribution in [2.45, 2.75) is 18.9 Å². The Bertz CT molecular complexity index is 370. The van der Waals surface area contributed by atoms with Gasteiger partial charge in [-0.15, -0.1) is 0 Å². The molecule has 5 nitrogen and oxygen atoms in total. The molecule has 18 heavy (non-hydrogen) atoms. The van der Waals surface area contributed by atoms with Gasteiger partial charge in [-0.25, -0.2) is 0 Å². The smallest absolute Gasteiger partial charge is 0.320 e. The number of carboxylic acids is 1. The van der Waals surface area contributed by atoms with E-state index in [1.807, 2.05) is 18.5 Å². The Hall–Kier alpha value is -1.33. The van der Waals surface area contributed by atoms with E-state index in [-0.39, 0.29) is 6.04 Å². The van der Waals surface area contributed by atoms with Crippen LogP contribution in [0.5, 0.6) is 0 Å². The predicted octanol–water partition coefficient (Wildman–Crippen LogP) is 0.648. The molecule has 0 aliphatic carbocycles. The number of carboxylic acid groups (broad SMARTS) is 1. The highest BCUT2D eigenvalue weighted by atomic mass is 16.4. The third-order valence-electron chi connectivity index (χ3n) is 3.63. The molecule has 1 unspecified atom stereocenters. The van der Waals surface area contributed by atoms with E-state index < -0.39 is 5.97 Å². The summed E-state index contributed by atoms with van der Waals surface area (Å²) < 4.78 is 0. The zero-order chi connectivity index (χ0) is 13.0. The lowest BCUT2D eigenvalue weighted by Gasteiger charge is -2.36. The van der Waals surface area contributed by atoms with Crippen LogP contribution in [0.4, 0.5) is 0 Å². The number of aromatic amines is 1. The molecule has 1 fully saturated rings. The highest BCUT2D eigenvalue weighted by molar-refractivity contribution is 5.73. The van der Waals surface area contributed by atoms with Crippen LogP contribution in [-0.4, -0.2) is 65.1 Å². The summed E-state index contributed by atoms with van der Waals surface area (Å²) in [5, 5.41) is 9.36. The zero-order valence-corrected chi connectivity index (χ0v) is 10.8. The molecule has 100 valence electrons.